The van der Waals surface area contributed by atoms with Crippen molar-refractivity contribution in [1.82, 2.24) is 0 Å². The largest absolute Gasteiger partial charge is 1.00 e. The molecule has 0 aromatic rings. The van der Waals surface area contributed by atoms with Crippen LogP contribution >= 0.6 is 0 Å². The maximum absolute atomic E-state index is 9.64. The molecule has 0 aromatic carbocycles. The van der Waals surface area contributed by atoms with E-state index in [0.717, 1.165) is 0 Å². The van der Waals surface area contributed by atoms with Gasteiger partial charge < -0.3 is 15.0 Å². The van der Waals surface area contributed by atoms with Gasteiger partial charge in [0.15, 0.2) is 0 Å². The third-order valence-corrected chi connectivity index (χ3v) is 0.564. The van der Waals surface area contributed by atoms with Crippen molar-refractivity contribution in [2.75, 3.05) is 0 Å². The summed E-state index contributed by atoms with van der Waals surface area (Å²) in [6, 6.07) is 0. The predicted molar refractivity (Wildman–Crippen MR) is 26.0 cm³/mol. The van der Waals surface area contributed by atoms with Crippen LogP contribution in [0.15, 0.2) is 11.8 Å². The molecule has 9 heavy (non-hydrogen) atoms. The Morgan fingerprint density at radius 3 is 2.33 bits per heavy atom. The molecule has 0 aliphatic heterocycles. The van der Waals surface area contributed by atoms with Crippen LogP contribution in [0.25, 0.3) is 0 Å². The van der Waals surface area contributed by atoms with Crippen molar-refractivity contribution < 1.29 is 44.6 Å². The zero-order chi connectivity index (χ0) is 6.57. The monoisotopic (exact) mass is 138 g/mol. The second-order valence-corrected chi connectivity index (χ2v) is 1.42. The zero-order valence-electron chi connectivity index (χ0n) is 5.55. The van der Waals surface area contributed by atoms with Crippen molar-refractivity contribution in [3.05, 3.63) is 11.8 Å². The molecule has 0 radical (unpaired) electrons. The minimum atomic E-state index is -1.18. The zero-order valence-corrected chi connectivity index (χ0v) is 7.55. The molecule has 0 rings (SSSR count). The Kier molecular flexibility index (Phi) is 8.02. The van der Waals surface area contributed by atoms with Gasteiger partial charge in [-0.3, -0.25) is 0 Å². The van der Waals surface area contributed by atoms with Crippen LogP contribution in [0, 0.1) is 0 Å². The van der Waals surface area contributed by atoms with E-state index in [1.54, 1.807) is 0 Å². The van der Waals surface area contributed by atoms with E-state index >= 15 is 0 Å². The first-order valence-electron chi connectivity index (χ1n) is 2.18. The molecular weight excluding hydrogens is 131 g/mol. The molecule has 0 unspecified atom stereocenters. The topological polar surface area (TPSA) is 60.4 Å². The molecule has 46 valence electrons. The summed E-state index contributed by atoms with van der Waals surface area (Å²) < 4.78 is 0. The Balaban J connectivity index is 0. The fourth-order valence-corrected chi connectivity index (χ4v) is 0.231. The Morgan fingerprint density at radius 1 is 1.78 bits per heavy atom. The molecule has 0 aromatic heterocycles. The van der Waals surface area contributed by atoms with Crippen molar-refractivity contribution in [3.8, 4) is 0 Å². The van der Waals surface area contributed by atoms with Crippen LogP contribution in [0.1, 0.15) is 13.3 Å². The van der Waals surface area contributed by atoms with E-state index in [0.29, 0.717) is 0 Å². The number of carbonyl (C=O) groups excluding carboxylic acids is 1. The molecule has 0 aliphatic carbocycles. The SMILES string of the molecule is CC(O)=CCC(=O)[O-].[Na+]. The summed E-state index contributed by atoms with van der Waals surface area (Å²) >= 11 is 0. The smallest absolute Gasteiger partial charge is 0.550 e. The number of hydrogen-bond donors (Lipinski definition) is 1. The minimum absolute atomic E-state index is 0. The molecule has 0 atom stereocenters. The first kappa shape index (κ1) is 11.8. The van der Waals surface area contributed by atoms with Gasteiger partial charge in [0.2, 0.25) is 0 Å². The maximum atomic E-state index is 9.64. The van der Waals surface area contributed by atoms with Crippen LogP contribution < -0.4 is 34.7 Å². The number of aliphatic hydroxyl groups is 1. The summed E-state index contributed by atoms with van der Waals surface area (Å²) in [7, 11) is 0. The number of aliphatic carboxylic acids is 1. The van der Waals surface area contributed by atoms with E-state index in [9.17, 15) is 9.90 Å². The van der Waals surface area contributed by atoms with Crippen LogP contribution in [-0.2, 0) is 4.79 Å². The average molecular weight is 138 g/mol. The van der Waals surface area contributed by atoms with Gasteiger partial charge in [0, 0.05) is 12.4 Å². The van der Waals surface area contributed by atoms with Crippen molar-refractivity contribution in [3.63, 3.8) is 0 Å². The van der Waals surface area contributed by atoms with E-state index in [4.69, 9.17) is 5.11 Å². The van der Waals surface area contributed by atoms with Gasteiger partial charge in [0.05, 0.1) is 5.76 Å². The Bertz CT molecular complexity index is 115. The van der Waals surface area contributed by atoms with Crippen molar-refractivity contribution >= 4 is 5.97 Å². The number of allylic oxidation sites excluding steroid dienone is 1. The van der Waals surface area contributed by atoms with E-state index in [2.05, 4.69) is 0 Å². The Morgan fingerprint density at radius 2 is 2.22 bits per heavy atom. The van der Waals surface area contributed by atoms with Gasteiger partial charge >= 0.3 is 29.6 Å². The van der Waals surface area contributed by atoms with Gasteiger partial charge in [-0.1, -0.05) is 0 Å². The predicted octanol–water partition coefficient (Wildman–Crippen LogP) is -3.41. The molecule has 3 nitrogen and oxygen atoms in total. The molecular formula is C5H7NaO3. The molecule has 0 spiro atoms. The Hall–Kier alpha value is 0.0100. The molecule has 1 N–H and O–H groups in total. The fourth-order valence-electron chi connectivity index (χ4n) is 0.231. The van der Waals surface area contributed by atoms with Crippen LogP contribution in [0.2, 0.25) is 0 Å². The van der Waals surface area contributed by atoms with E-state index in [1.807, 2.05) is 0 Å². The first-order valence-corrected chi connectivity index (χ1v) is 2.18. The molecule has 0 heterocycles. The normalized spacial score (nSPS) is 10.1. The molecule has 0 fully saturated rings. The molecule has 0 saturated heterocycles. The number of rotatable bonds is 2. The quantitative estimate of drug-likeness (QED) is 0.319. The van der Waals surface area contributed by atoms with E-state index in [-0.39, 0.29) is 41.7 Å². The summed E-state index contributed by atoms with van der Waals surface area (Å²) in [5.74, 6) is -1.17. The third kappa shape index (κ3) is 11.5. The number of carbonyl (C=O) groups is 1. The number of aliphatic hydroxyl groups excluding tert-OH is 1. The maximum Gasteiger partial charge on any atom is 1.00 e. The molecule has 0 bridgehead atoms. The summed E-state index contributed by atoms with van der Waals surface area (Å²) in [5, 5.41) is 18.0. The van der Waals surface area contributed by atoms with Crippen LogP contribution in [-0.4, -0.2) is 11.1 Å². The van der Waals surface area contributed by atoms with Crippen molar-refractivity contribution in [1.29, 1.82) is 0 Å². The van der Waals surface area contributed by atoms with Gasteiger partial charge in [0.1, 0.15) is 0 Å². The van der Waals surface area contributed by atoms with E-state index < -0.39 is 5.97 Å². The first-order chi connectivity index (χ1) is 3.63. The second-order valence-electron chi connectivity index (χ2n) is 1.42. The molecule has 0 aliphatic rings. The standard InChI is InChI=1S/C5H8O3.Na/c1-4(6)2-3-5(7)8;/h2,6H,3H2,1H3,(H,7,8);/q;+1/p-1. The van der Waals surface area contributed by atoms with Gasteiger partial charge in [-0.05, 0) is 13.0 Å². The minimum Gasteiger partial charge on any atom is -0.550 e. The van der Waals surface area contributed by atoms with Crippen LogP contribution in [0.3, 0.4) is 0 Å². The number of carboxylic acids is 1. The molecule has 0 saturated carbocycles. The van der Waals surface area contributed by atoms with Gasteiger partial charge in [0.25, 0.3) is 0 Å². The van der Waals surface area contributed by atoms with Crippen LogP contribution in [0.4, 0.5) is 0 Å². The Labute approximate surface area is 75.7 Å². The molecule has 0 amide bonds. The average Bonchev–Trinajstić information content (AvgIpc) is 1.61. The van der Waals surface area contributed by atoms with Crippen molar-refractivity contribution in [2.24, 2.45) is 0 Å². The summed E-state index contributed by atoms with van der Waals surface area (Å²) in [5.41, 5.74) is 0. The van der Waals surface area contributed by atoms with Crippen LogP contribution in [0.5, 0.6) is 0 Å². The summed E-state index contributed by atoms with van der Waals surface area (Å²) in [6.07, 6.45) is 0.956. The van der Waals surface area contributed by atoms with Gasteiger partial charge in [-0.15, -0.1) is 0 Å². The van der Waals surface area contributed by atoms with E-state index in [1.165, 1.54) is 13.0 Å². The molecule has 4 heteroatoms. The summed E-state index contributed by atoms with van der Waals surface area (Å²) in [4.78, 5) is 9.64. The third-order valence-electron chi connectivity index (χ3n) is 0.564. The number of carboxylic acid groups (broad SMARTS) is 1. The van der Waals surface area contributed by atoms with Gasteiger partial charge in [-0.25, -0.2) is 0 Å². The van der Waals surface area contributed by atoms with Crippen molar-refractivity contribution in [2.45, 2.75) is 13.3 Å². The summed E-state index contributed by atoms with van der Waals surface area (Å²) in [6.45, 7) is 1.41. The fraction of sp³-hybridized carbons (Fsp3) is 0.400. The van der Waals surface area contributed by atoms with Gasteiger partial charge in [-0.2, -0.15) is 0 Å². The number of hydrogen-bond acceptors (Lipinski definition) is 3. The second kappa shape index (κ2) is 6.13.